The van der Waals surface area contributed by atoms with Crippen molar-refractivity contribution in [3.05, 3.63) is 59.9 Å². The van der Waals surface area contributed by atoms with Crippen LogP contribution in [-0.2, 0) is 9.53 Å². The number of hydrogen-bond donors (Lipinski definition) is 1. The molecule has 3 aliphatic rings. The molecule has 1 aromatic carbocycles. The number of hydrogen-bond acceptors (Lipinski definition) is 3. The number of H-pyrrole nitrogens is 1. The first-order chi connectivity index (χ1) is 12.2. The summed E-state index contributed by atoms with van der Waals surface area (Å²) in [7, 11) is 0. The number of likely N-dealkylation sites (tertiary alicyclic amines) is 1. The molecule has 1 aromatic heterocycles. The number of benzene rings is 1. The molecule has 5 rings (SSSR count). The summed E-state index contributed by atoms with van der Waals surface area (Å²) in [5.74, 6) is 0.0145. The van der Waals surface area contributed by atoms with Gasteiger partial charge in [-0.25, -0.2) is 0 Å². The Balaban J connectivity index is 1.46. The monoisotopic (exact) mass is 337 g/mol. The number of amides is 2. The number of nitrogens with one attached hydrogen (secondary N) is 1. The summed E-state index contributed by atoms with van der Waals surface area (Å²) in [6.07, 6.45) is 2.61. The number of nitrogens with zero attached hydrogens (tertiary/aromatic N) is 2. The molecule has 4 heterocycles. The van der Waals surface area contributed by atoms with Crippen molar-refractivity contribution in [1.82, 2.24) is 14.8 Å². The Morgan fingerprint density at radius 3 is 2.80 bits per heavy atom. The fourth-order valence-corrected chi connectivity index (χ4v) is 4.53. The summed E-state index contributed by atoms with van der Waals surface area (Å²) in [5, 5.41) is 0. The van der Waals surface area contributed by atoms with Crippen LogP contribution in [0.4, 0.5) is 0 Å². The van der Waals surface area contributed by atoms with Crippen LogP contribution in [0.2, 0.25) is 0 Å². The fraction of sp³-hybridized carbons (Fsp3) is 0.368. The molecule has 3 atom stereocenters. The number of ether oxygens (including phenoxy) is 1. The number of aromatic amines is 1. The largest absolute Gasteiger partial charge is 0.357 e. The van der Waals surface area contributed by atoms with Gasteiger partial charge in [-0.15, -0.1) is 0 Å². The van der Waals surface area contributed by atoms with E-state index in [1.165, 1.54) is 0 Å². The van der Waals surface area contributed by atoms with Crippen molar-refractivity contribution in [1.29, 1.82) is 0 Å². The number of aromatic nitrogens is 1. The van der Waals surface area contributed by atoms with E-state index in [1.54, 1.807) is 17.2 Å². The molecule has 25 heavy (non-hydrogen) atoms. The minimum Gasteiger partial charge on any atom is -0.357 e. The summed E-state index contributed by atoms with van der Waals surface area (Å²) in [6, 6.07) is 13.3. The van der Waals surface area contributed by atoms with Crippen LogP contribution in [0.15, 0.2) is 48.7 Å². The van der Waals surface area contributed by atoms with Crippen LogP contribution in [0, 0.1) is 0 Å². The van der Waals surface area contributed by atoms with Gasteiger partial charge in [-0.2, -0.15) is 0 Å². The normalized spacial score (nSPS) is 30.6. The third-order valence-electron chi connectivity index (χ3n) is 5.69. The predicted octanol–water partition coefficient (Wildman–Crippen LogP) is 1.93. The molecule has 2 aromatic rings. The summed E-state index contributed by atoms with van der Waals surface area (Å²) in [4.78, 5) is 32.0. The molecule has 0 unspecified atom stereocenters. The van der Waals surface area contributed by atoms with Crippen LogP contribution in [0.25, 0.3) is 0 Å². The van der Waals surface area contributed by atoms with Crippen molar-refractivity contribution >= 4 is 11.8 Å². The Morgan fingerprint density at radius 1 is 1.20 bits per heavy atom. The third-order valence-corrected chi connectivity index (χ3v) is 5.69. The van der Waals surface area contributed by atoms with E-state index in [0.717, 1.165) is 5.56 Å². The molecule has 0 aliphatic carbocycles. The van der Waals surface area contributed by atoms with E-state index in [2.05, 4.69) is 4.98 Å². The molecule has 3 saturated heterocycles. The molecule has 128 valence electrons. The van der Waals surface area contributed by atoms with E-state index in [4.69, 9.17) is 4.74 Å². The van der Waals surface area contributed by atoms with E-state index < -0.39 is 5.72 Å². The van der Waals surface area contributed by atoms with Crippen molar-refractivity contribution in [3.63, 3.8) is 0 Å². The van der Waals surface area contributed by atoms with Crippen LogP contribution < -0.4 is 0 Å². The Labute approximate surface area is 145 Å². The minimum atomic E-state index is -0.667. The predicted molar refractivity (Wildman–Crippen MR) is 89.6 cm³/mol. The van der Waals surface area contributed by atoms with E-state index in [1.807, 2.05) is 41.3 Å². The van der Waals surface area contributed by atoms with Gasteiger partial charge in [0.2, 0.25) is 5.91 Å². The summed E-state index contributed by atoms with van der Waals surface area (Å²) < 4.78 is 6.45. The molecule has 0 radical (unpaired) electrons. The second-order valence-corrected chi connectivity index (χ2v) is 6.92. The van der Waals surface area contributed by atoms with Gasteiger partial charge in [-0.1, -0.05) is 30.3 Å². The maximum atomic E-state index is 12.8. The molecule has 1 N–H and O–H groups in total. The van der Waals surface area contributed by atoms with E-state index >= 15 is 0 Å². The minimum absolute atomic E-state index is 0.0618. The first kappa shape index (κ1) is 14.7. The third kappa shape index (κ3) is 2.00. The van der Waals surface area contributed by atoms with Gasteiger partial charge in [0, 0.05) is 19.2 Å². The van der Waals surface area contributed by atoms with Crippen molar-refractivity contribution in [2.24, 2.45) is 0 Å². The summed E-state index contributed by atoms with van der Waals surface area (Å²) in [6.45, 7) is 1.16. The average Bonchev–Trinajstić information content (AvgIpc) is 3.38. The summed E-state index contributed by atoms with van der Waals surface area (Å²) >= 11 is 0. The van der Waals surface area contributed by atoms with Crippen LogP contribution in [0.3, 0.4) is 0 Å². The smallest absolute Gasteiger partial charge is 0.270 e. The molecule has 2 amide bonds. The van der Waals surface area contributed by atoms with Crippen molar-refractivity contribution in [3.8, 4) is 0 Å². The maximum Gasteiger partial charge on any atom is 0.270 e. The average molecular weight is 337 g/mol. The maximum absolute atomic E-state index is 12.8. The molecule has 1 spiro atoms. The highest BCUT2D eigenvalue weighted by molar-refractivity contribution is 5.94. The van der Waals surface area contributed by atoms with Gasteiger partial charge in [-0.3, -0.25) is 9.59 Å². The fourth-order valence-electron chi connectivity index (χ4n) is 4.53. The van der Waals surface area contributed by atoms with Gasteiger partial charge >= 0.3 is 0 Å². The molecule has 6 heteroatoms. The van der Waals surface area contributed by atoms with Crippen LogP contribution in [0.5, 0.6) is 0 Å². The highest BCUT2D eigenvalue weighted by Crippen LogP contribution is 2.50. The lowest BCUT2D eigenvalue weighted by atomic mass is 10.1. The van der Waals surface area contributed by atoms with Gasteiger partial charge in [0.05, 0.1) is 19.0 Å². The second-order valence-electron chi connectivity index (χ2n) is 6.92. The van der Waals surface area contributed by atoms with Crippen molar-refractivity contribution < 1.29 is 14.3 Å². The first-order valence-electron chi connectivity index (χ1n) is 8.67. The number of carbonyl (C=O) groups excluding carboxylic acids is 2. The van der Waals surface area contributed by atoms with E-state index in [-0.39, 0.29) is 24.0 Å². The Morgan fingerprint density at radius 2 is 2.04 bits per heavy atom. The highest BCUT2D eigenvalue weighted by Gasteiger charge is 2.65. The number of carbonyl (C=O) groups is 2. The Hall–Kier alpha value is -2.60. The topological polar surface area (TPSA) is 65.6 Å². The van der Waals surface area contributed by atoms with Gasteiger partial charge in [0.15, 0.2) is 5.72 Å². The van der Waals surface area contributed by atoms with Crippen molar-refractivity contribution in [2.75, 3.05) is 13.1 Å². The van der Waals surface area contributed by atoms with Crippen LogP contribution in [-0.4, -0.2) is 51.5 Å². The molecular formula is C19H19N3O3. The number of rotatable bonds is 2. The lowest BCUT2D eigenvalue weighted by Crippen LogP contribution is -2.48. The van der Waals surface area contributed by atoms with Crippen LogP contribution in [0.1, 0.15) is 35.0 Å². The molecule has 0 bridgehead atoms. The zero-order chi connectivity index (χ0) is 17.0. The first-order valence-corrected chi connectivity index (χ1v) is 8.67. The van der Waals surface area contributed by atoms with Gasteiger partial charge < -0.3 is 19.5 Å². The second kappa shape index (κ2) is 5.20. The van der Waals surface area contributed by atoms with E-state index in [0.29, 0.717) is 31.6 Å². The standard InChI is InChI=1S/C19H19N3O3/c23-17-11-16-19(8-10-21(16)18(24)14-7-4-9-20-14)22(17)12-15(25-19)13-5-2-1-3-6-13/h1-7,9,15-16,20H,8,10-12H2/t15-,16-,19+/m1/s1. The zero-order valence-corrected chi connectivity index (χ0v) is 13.7. The summed E-state index contributed by atoms with van der Waals surface area (Å²) in [5.41, 5.74) is 0.965. The van der Waals surface area contributed by atoms with Crippen molar-refractivity contribution in [2.45, 2.75) is 30.7 Å². The lowest BCUT2D eigenvalue weighted by molar-refractivity contribution is -0.138. The SMILES string of the molecule is O=C(c1ccc[nH]1)N1CC[C@@]23O[C@@H](c4ccccc4)CN2C(=O)C[C@@H]13. The highest BCUT2D eigenvalue weighted by atomic mass is 16.5. The molecule has 3 fully saturated rings. The molecular weight excluding hydrogens is 318 g/mol. The van der Waals surface area contributed by atoms with E-state index in [9.17, 15) is 9.59 Å². The van der Waals surface area contributed by atoms with Gasteiger partial charge in [0.25, 0.3) is 5.91 Å². The Bertz CT molecular complexity index is 820. The molecule has 3 aliphatic heterocycles. The molecule has 0 saturated carbocycles. The quantitative estimate of drug-likeness (QED) is 0.911. The van der Waals surface area contributed by atoms with Gasteiger partial charge in [-0.05, 0) is 17.7 Å². The van der Waals surface area contributed by atoms with Crippen LogP contribution >= 0.6 is 0 Å². The molecule has 6 nitrogen and oxygen atoms in total. The lowest BCUT2D eigenvalue weighted by Gasteiger charge is -2.31. The Kier molecular flexibility index (Phi) is 3.06. The zero-order valence-electron chi connectivity index (χ0n) is 13.7. The van der Waals surface area contributed by atoms with Gasteiger partial charge in [0.1, 0.15) is 11.8 Å².